The molecule has 2 aromatic heterocycles. The summed E-state index contributed by atoms with van der Waals surface area (Å²) in [4.78, 5) is 35.8. The van der Waals surface area contributed by atoms with E-state index in [0.29, 0.717) is 39.4 Å². The van der Waals surface area contributed by atoms with Crippen LogP contribution in [0.3, 0.4) is 0 Å². The molecule has 9 heteroatoms. The first-order chi connectivity index (χ1) is 16.9. The maximum atomic E-state index is 12.9. The molecule has 0 saturated heterocycles. The number of nitrogens with one attached hydrogen (secondary N) is 2. The molecular weight excluding hydrogens is 444 g/mol. The number of hydrogen-bond acceptors (Lipinski definition) is 7. The molecular formula is C26H24N6O3. The summed E-state index contributed by atoms with van der Waals surface area (Å²) in [6.07, 6.45) is 7.21. The number of anilines is 3. The quantitative estimate of drug-likeness (QED) is 0.402. The van der Waals surface area contributed by atoms with Gasteiger partial charge in [-0.15, -0.1) is 6.42 Å². The van der Waals surface area contributed by atoms with E-state index in [9.17, 15) is 9.59 Å². The molecule has 0 radical (unpaired) electrons. The van der Waals surface area contributed by atoms with Crippen LogP contribution < -0.4 is 20.9 Å². The van der Waals surface area contributed by atoms with Gasteiger partial charge < -0.3 is 20.3 Å². The zero-order valence-electron chi connectivity index (χ0n) is 19.6. The van der Waals surface area contributed by atoms with Crippen LogP contribution >= 0.6 is 0 Å². The minimum Gasteiger partial charge on any atom is -0.494 e. The third kappa shape index (κ3) is 5.13. The molecule has 35 heavy (non-hydrogen) atoms. The molecule has 9 nitrogen and oxygen atoms in total. The topological polar surface area (TPSA) is 101 Å². The average molecular weight is 469 g/mol. The van der Waals surface area contributed by atoms with E-state index in [1.807, 2.05) is 44.4 Å². The molecule has 0 saturated carbocycles. The fourth-order valence-electron chi connectivity index (χ4n) is 3.59. The minimum atomic E-state index is -0.295. The Labute approximate surface area is 202 Å². The fourth-order valence-corrected chi connectivity index (χ4v) is 3.59. The largest absolute Gasteiger partial charge is 0.494 e. The highest BCUT2D eigenvalue weighted by Gasteiger charge is 2.14. The Kier molecular flexibility index (Phi) is 6.76. The minimum absolute atomic E-state index is 0.140. The third-order valence-electron chi connectivity index (χ3n) is 5.12. The van der Waals surface area contributed by atoms with Crippen molar-refractivity contribution in [3.05, 3.63) is 76.7 Å². The number of rotatable bonds is 7. The Morgan fingerprint density at radius 3 is 2.63 bits per heavy atom. The van der Waals surface area contributed by atoms with Crippen LogP contribution in [0.2, 0.25) is 0 Å². The normalized spacial score (nSPS) is 10.7. The molecule has 0 atom stereocenters. The SMILES string of the molecule is C#Cc1cc(=O)n(-c2ccccc2)c2nc(Nc3ccc(NC(=O)CN(C)C)cc3OC)ncc12. The van der Waals surface area contributed by atoms with Crippen LogP contribution in [0.25, 0.3) is 16.7 Å². The lowest BCUT2D eigenvalue weighted by atomic mass is 10.2. The predicted octanol–water partition coefficient (Wildman–Crippen LogP) is 3.01. The molecule has 4 rings (SSSR count). The van der Waals surface area contributed by atoms with Gasteiger partial charge in [-0.3, -0.25) is 14.2 Å². The molecule has 0 aliphatic heterocycles. The number of amides is 1. The Hall–Kier alpha value is -4.68. The number of likely N-dealkylation sites (N-methyl/N-ethyl adjacent to an activating group) is 1. The summed E-state index contributed by atoms with van der Waals surface area (Å²) in [7, 11) is 5.17. The summed E-state index contributed by atoms with van der Waals surface area (Å²) < 4.78 is 6.99. The Morgan fingerprint density at radius 1 is 1.17 bits per heavy atom. The maximum absolute atomic E-state index is 12.9. The highest BCUT2D eigenvalue weighted by molar-refractivity contribution is 5.93. The smallest absolute Gasteiger partial charge is 0.258 e. The Morgan fingerprint density at radius 2 is 1.94 bits per heavy atom. The molecule has 0 aliphatic rings. The third-order valence-corrected chi connectivity index (χ3v) is 5.12. The van der Waals surface area contributed by atoms with Crippen molar-refractivity contribution in [2.24, 2.45) is 0 Å². The summed E-state index contributed by atoms with van der Waals surface area (Å²) in [6, 6.07) is 15.8. The van der Waals surface area contributed by atoms with E-state index in [1.165, 1.54) is 17.7 Å². The van der Waals surface area contributed by atoms with Crippen molar-refractivity contribution in [1.29, 1.82) is 0 Å². The summed E-state index contributed by atoms with van der Waals surface area (Å²) in [5.41, 5.74) is 2.33. The van der Waals surface area contributed by atoms with Gasteiger partial charge in [-0.25, -0.2) is 4.98 Å². The number of aromatic nitrogens is 3. The summed E-state index contributed by atoms with van der Waals surface area (Å²) in [6.45, 7) is 0.260. The van der Waals surface area contributed by atoms with Gasteiger partial charge in [0.25, 0.3) is 5.56 Å². The highest BCUT2D eigenvalue weighted by atomic mass is 16.5. The lowest BCUT2D eigenvalue weighted by Crippen LogP contribution is -2.27. The van der Waals surface area contributed by atoms with Gasteiger partial charge in [-0.05, 0) is 38.4 Å². The number of hydrogen-bond donors (Lipinski definition) is 2. The summed E-state index contributed by atoms with van der Waals surface area (Å²) in [5, 5.41) is 6.54. The van der Waals surface area contributed by atoms with E-state index in [0.717, 1.165) is 0 Å². The van der Waals surface area contributed by atoms with E-state index in [4.69, 9.17) is 11.2 Å². The monoisotopic (exact) mass is 468 g/mol. The molecule has 2 aromatic carbocycles. The van der Waals surface area contributed by atoms with E-state index in [2.05, 4.69) is 26.5 Å². The van der Waals surface area contributed by atoms with Crippen molar-refractivity contribution in [2.45, 2.75) is 0 Å². The van der Waals surface area contributed by atoms with Crippen LogP contribution in [-0.2, 0) is 4.79 Å². The van der Waals surface area contributed by atoms with Crippen LogP contribution in [-0.4, -0.2) is 53.1 Å². The second-order valence-electron chi connectivity index (χ2n) is 7.97. The van der Waals surface area contributed by atoms with Crippen LogP contribution in [0.4, 0.5) is 17.3 Å². The number of terminal acetylenes is 1. The predicted molar refractivity (Wildman–Crippen MR) is 137 cm³/mol. The molecule has 2 heterocycles. The number of carbonyl (C=O) groups is 1. The van der Waals surface area contributed by atoms with Gasteiger partial charge in [0.2, 0.25) is 11.9 Å². The number of carbonyl (C=O) groups excluding carboxylic acids is 1. The van der Waals surface area contributed by atoms with Crippen molar-refractivity contribution in [1.82, 2.24) is 19.4 Å². The Balaban J connectivity index is 1.73. The lowest BCUT2D eigenvalue weighted by molar-refractivity contribution is -0.116. The lowest BCUT2D eigenvalue weighted by Gasteiger charge is -2.15. The zero-order valence-corrected chi connectivity index (χ0v) is 19.6. The van der Waals surface area contributed by atoms with Gasteiger partial charge in [-0.1, -0.05) is 24.1 Å². The molecule has 0 fully saturated rings. The van der Waals surface area contributed by atoms with Crippen molar-refractivity contribution in [2.75, 3.05) is 38.4 Å². The van der Waals surface area contributed by atoms with Crippen molar-refractivity contribution < 1.29 is 9.53 Å². The Bertz CT molecular complexity index is 1490. The molecule has 0 aliphatic carbocycles. The first-order valence-electron chi connectivity index (χ1n) is 10.7. The van der Waals surface area contributed by atoms with Gasteiger partial charge in [0, 0.05) is 29.6 Å². The van der Waals surface area contributed by atoms with Gasteiger partial charge in [0.05, 0.1) is 30.4 Å². The number of methoxy groups -OCH3 is 1. The van der Waals surface area contributed by atoms with Crippen molar-refractivity contribution in [3.63, 3.8) is 0 Å². The number of para-hydroxylation sites is 1. The fraction of sp³-hybridized carbons (Fsp3) is 0.154. The molecule has 2 N–H and O–H groups in total. The van der Waals surface area contributed by atoms with Crippen LogP contribution in [0.1, 0.15) is 5.56 Å². The van der Waals surface area contributed by atoms with Gasteiger partial charge >= 0.3 is 0 Å². The van der Waals surface area contributed by atoms with Crippen LogP contribution in [0.5, 0.6) is 5.75 Å². The second kappa shape index (κ2) is 10.1. The van der Waals surface area contributed by atoms with Crippen molar-refractivity contribution in [3.8, 4) is 23.8 Å². The highest BCUT2D eigenvalue weighted by Crippen LogP contribution is 2.30. The molecule has 0 bridgehead atoms. The number of nitrogens with zero attached hydrogens (tertiary/aromatic N) is 4. The first kappa shape index (κ1) is 23.5. The molecule has 1 amide bonds. The molecule has 0 spiro atoms. The van der Waals surface area contributed by atoms with Crippen LogP contribution in [0.15, 0.2) is 65.6 Å². The van der Waals surface area contributed by atoms with E-state index in [1.54, 1.807) is 29.3 Å². The van der Waals surface area contributed by atoms with Crippen LogP contribution in [0, 0.1) is 12.3 Å². The first-order valence-corrected chi connectivity index (χ1v) is 10.7. The van der Waals surface area contributed by atoms with Gasteiger partial charge in [0.1, 0.15) is 5.75 Å². The molecule has 0 unspecified atom stereocenters. The number of fused-ring (bicyclic) bond motifs is 1. The average Bonchev–Trinajstić information content (AvgIpc) is 2.84. The molecule has 176 valence electrons. The van der Waals surface area contributed by atoms with E-state index in [-0.39, 0.29) is 24.0 Å². The maximum Gasteiger partial charge on any atom is 0.258 e. The number of ether oxygens (including phenoxy) is 1. The van der Waals surface area contributed by atoms with Gasteiger partial charge in [-0.2, -0.15) is 4.98 Å². The zero-order chi connectivity index (χ0) is 24.9. The summed E-state index contributed by atoms with van der Waals surface area (Å²) >= 11 is 0. The van der Waals surface area contributed by atoms with E-state index >= 15 is 0 Å². The molecule has 4 aromatic rings. The second-order valence-corrected chi connectivity index (χ2v) is 7.97. The number of pyridine rings is 1. The van der Waals surface area contributed by atoms with Gasteiger partial charge in [0.15, 0.2) is 5.65 Å². The van der Waals surface area contributed by atoms with E-state index < -0.39 is 0 Å². The van der Waals surface area contributed by atoms with Crippen molar-refractivity contribution >= 4 is 34.3 Å². The summed E-state index contributed by atoms with van der Waals surface area (Å²) in [5.74, 6) is 3.13. The standard InChI is InChI=1S/C26H24N6O3/c1-5-17-13-24(34)32(19-9-7-6-8-10-19)25-20(17)15-27-26(30-25)29-21-12-11-18(14-22(21)35-4)28-23(33)16-31(2)3/h1,6-15H,16H2,2-4H3,(H,28,33)(H,27,29,30). The number of benzene rings is 2.